The van der Waals surface area contributed by atoms with Gasteiger partial charge in [-0.05, 0) is 29.3 Å². The average molecular weight is 298 g/mol. The lowest BCUT2D eigenvalue weighted by atomic mass is 10.2. The van der Waals surface area contributed by atoms with Crippen LogP contribution in [-0.2, 0) is 5.75 Å². The van der Waals surface area contributed by atoms with Gasteiger partial charge >= 0.3 is 0 Å². The number of nitrogens with zero attached hydrogens (tertiary/aromatic N) is 2. The molecule has 106 valence electrons. The van der Waals surface area contributed by atoms with E-state index in [1.807, 2.05) is 35.9 Å². The van der Waals surface area contributed by atoms with Crippen LogP contribution in [0.5, 0.6) is 0 Å². The first-order valence-corrected chi connectivity index (χ1v) is 8.26. The molecular weight excluding hydrogens is 283 g/mol. The smallest absolute Gasteiger partial charge is 0.123 e. The second kappa shape index (κ2) is 6.50. The first kappa shape index (κ1) is 13.8. The second-order valence-electron chi connectivity index (χ2n) is 4.69. The van der Waals surface area contributed by atoms with Crippen LogP contribution in [0.4, 0.5) is 4.39 Å². The van der Waals surface area contributed by atoms with Crippen LogP contribution in [0.25, 0.3) is 6.08 Å². The van der Waals surface area contributed by atoms with E-state index in [4.69, 9.17) is 0 Å². The van der Waals surface area contributed by atoms with Crippen LogP contribution >= 0.6 is 10.9 Å². The van der Waals surface area contributed by atoms with Gasteiger partial charge in [-0.25, -0.2) is 4.39 Å². The Morgan fingerprint density at radius 1 is 0.952 bits per heavy atom. The van der Waals surface area contributed by atoms with Crippen LogP contribution in [-0.4, -0.2) is 10.6 Å². The second-order valence-corrected chi connectivity index (χ2v) is 6.63. The highest BCUT2D eigenvalue weighted by Gasteiger charge is 2.12. The van der Waals surface area contributed by atoms with Crippen molar-refractivity contribution in [1.82, 2.24) is 0 Å². The summed E-state index contributed by atoms with van der Waals surface area (Å²) in [7, 11) is -0.490. The summed E-state index contributed by atoms with van der Waals surface area (Å²) in [5.74, 6) is 0.728. The average Bonchev–Trinajstić information content (AvgIpc) is 2.95. The predicted molar refractivity (Wildman–Crippen MR) is 90.5 cm³/mol. The number of rotatable bonds is 4. The van der Waals surface area contributed by atoms with E-state index in [-0.39, 0.29) is 5.82 Å². The maximum atomic E-state index is 12.9. The predicted octanol–water partition coefficient (Wildman–Crippen LogP) is 4.40. The third-order valence-electron chi connectivity index (χ3n) is 3.14. The zero-order valence-corrected chi connectivity index (χ0v) is 12.2. The van der Waals surface area contributed by atoms with Crippen LogP contribution in [0.2, 0.25) is 0 Å². The lowest BCUT2D eigenvalue weighted by Crippen LogP contribution is -1.96. The molecule has 0 spiro atoms. The minimum Gasteiger partial charge on any atom is -0.207 e. The molecule has 2 aromatic rings. The van der Waals surface area contributed by atoms with E-state index in [0.29, 0.717) is 0 Å². The summed E-state index contributed by atoms with van der Waals surface area (Å²) in [4.78, 5) is 0. The Morgan fingerprint density at radius 3 is 2.48 bits per heavy atom. The molecule has 2 nitrogen and oxygen atoms in total. The summed E-state index contributed by atoms with van der Waals surface area (Å²) in [6, 6.07) is 16.8. The molecule has 0 radical (unpaired) electrons. The third-order valence-corrected chi connectivity index (χ3v) is 5.05. The number of halogens is 1. The molecule has 0 aliphatic carbocycles. The molecule has 0 amide bonds. The zero-order chi connectivity index (χ0) is 14.5. The van der Waals surface area contributed by atoms with Crippen molar-refractivity contribution in [3.8, 4) is 0 Å². The van der Waals surface area contributed by atoms with Crippen molar-refractivity contribution in [2.75, 3.05) is 0 Å². The van der Waals surface area contributed by atoms with Gasteiger partial charge in [0.2, 0.25) is 0 Å². The van der Waals surface area contributed by atoms with Gasteiger partial charge in [0, 0.05) is 5.75 Å². The van der Waals surface area contributed by atoms with Gasteiger partial charge in [-0.15, -0.1) is 5.10 Å². The van der Waals surface area contributed by atoms with Gasteiger partial charge in [-0.3, -0.25) is 0 Å². The van der Waals surface area contributed by atoms with Gasteiger partial charge in [0.1, 0.15) is 10.9 Å². The van der Waals surface area contributed by atoms with Crippen molar-refractivity contribution in [3.05, 3.63) is 77.6 Å². The van der Waals surface area contributed by atoms with Crippen molar-refractivity contribution in [2.24, 2.45) is 10.2 Å². The van der Waals surface area contributed by atoms with Gasteiger partial charge in [-0.1, -0.05) is 48.5 Å². The van der Waals surface area contributed by atoms with E-state index in [0.717, 1.165) is 16.4 Å². The summed E-state index contributed by atoms with van der Waals surface area (Å²) in [5.41, 5.74) is 4.19. The summed E-state index contributed by atoms with van der Waals surface area (Å²) >= 11 is 0. The summed E-state index contributed by atoms with van der Waals surface area (Å²) in [6.45, 7) is 0. The van der Waals surface area contributed by atoms with Crippen LogP contribution in [0, 0.1) is 5.82 Å². The molecule has 1 heterocycles. The zero-order valence-electron chi connectivity index (χ0n) is 11.4. The van der Waals surface area contributed by atoms with Crippen molar-refractivity contribution in [3.63, 3.8) is 0 Å². The Bertz CT molecular complexity index is 690. The number of hydrogen-bond donors (Lipinski definition) is 1. The lowest BCUT2D eigenvalue weighted by molar-refractivity contribution is 0.628. The van der Waals surface area contributed by atoms with Crippen molar-refractivity contribution in [2.45, 2.75) is 5.75 Å². The fourth-order valence-corrected chi connectivity index (χ4v) is 3.61. The summed E-state index contributed by atoms with van der Waals surface area (Å²) in [6.07, 6.45) is 3.93. The van der Waals surface area contributed by atoms with Gasteiger partial charge in [0.25, 0.3) is 0 Å². The van der Waals surface area contributed by atoms with Crippen molar-refractivity contribution < 1.29 is 4.39 Å². The van der Waals surface area contributed by atoms with Gasteiger partial charge in [-0.2, -0.15) is 16.0 Å². The molecule has 0 fully saturated rings. The number of thiol groups is 1. The minimum absolute atomic E-state index is 0.222. The van der Waals surface area contributed by atoms with E-state index in [2.05, 4.69) is 22.3 Å². The largest absolute Gasteiger partial charge is 0.207 e. The number of benzene rings is 2. The standard InChI is InChI=1S/C17H15FN2S/c18-16-9-6-14(7-10-16)8-11-17-20-19-13-21(17)12-15-4-2-1-3-5-15/h1-11,13,21H,12H2/b11-8+. The van der Waals surface area contributed by atoms with Crippen LogP contribution in [0.1, 0.15) is 11.1 Å². The van der Waals surface area contributed by atoms with E-state index >= 15 is 0 Å². The Morgan fingerprint density at radius 2 is 1.71 bits per heavy atom. The number of hydrogen-bond acceptors (Lipinski definition) is 2. The highest BCUT2D eigenvalue weighted by molar-refractivity contribution is 8.40. The van der Waals surface area contributed by atoms with E-state index in [9.17, 15) is 4.39 Å². The highest BCUT2D eigenvalue weighted by atomic mass is 32.2. The van der Waals surface area contributed by atoms with Gasteiger partial charge in [0.15, 0.2) is 0 Å². The normalized spacial score (nSPS) is 19.1. The fourth-order valence-electron chi connectivity index (χ4n) is 2.04. The van der Waals surface area contributed by atoms with Gasteiger partial charge in [0.05, 0.1) is 5.55 Å². The molecule has 0 bridgehead atoms. The lowest BCUT2D eigenvalue weighted by Gasteiger charge is -2.11. The quantitative estimate of drug-likeness (QED) is 0.810. The van der Waals surface area contributed by atoms with Crippen molar-refractivity contribution in [1.29, 1.82) is 0 Å². The Balaban J connectivity index is 1.69. The summed E-state index contributed by atoms with van der Waals surface area (Å²) in [5, 5.41) is 9.25. The molecule has 0 saturated heterocycles. The monoisotopic (exact) mass is 298 g/mol. The van der Waals surface area contributed by atoms with Crippen LogP contribution < -0.4 is 0 Å². The maximum Gasteiger partial charge on any atom is 0.123 e. The van der Waals surface area contributed by atoms with E-state index in [1.54, 1.807) is 12.1 Å². The SMILES string of the molecule is Fc1ccc(/C=C/C2=NN=C[SH]2Cc2ccccc2)cc1. The molecule has 0 saturated carbocycles. The fraction of sp³-hybridized carbons (Fsp3) is 0.0588. The molecule has 21 heavy (non-hydrogen) atoms. The third kappa shape index (κ3) is 3.67. The van der Waals surface area contributed by atoms with Crippen LogP contribution in [0.15, 0.2) is 70.9 Å². The van der Waals surface area contributed by atoms with E-state index < -0.39 is 10.9 Å². The molecule has 3 rings (SSSR count). The molecule has 0 aromatic heterocycles. The molecule has 1 unspecified atom stereocenters. The highest BCUT2D eigenvalue weighted by Crippen LogP contribution is 2.33. The molecule has 0 N–H and O–H groups in total. The maximum absolute atomic E-state index is 12.9. The topological polar surface area (TPSA) is 24.7 Å². The molecule has 2 aromatic carbocycles. The Labute approximate surface area is 126 Å². The van der Waals surface area contributed by atoms with E-state index in [1.165, 1.54) is 17.7 Å². The first-order valence-electron chi connectivity index (χ1n) is 6.67. The van der Waals surface area contributed by atoms with Crippen LogP contribution in [0.3, 0.4) is 0 Å². The van der Waals surface area contributed by atoms with Crippen molar-refractivity contribution >= 4 is 27.6 Å². The van der Waals surface area contributed by atoms with Gasteiger partial charge < -0.3 is 0 Å². The molecule has 4 heteroatoms. The summed E-state index contributed by atoms with van der Waals surface area (Å²) < 4.78 is 12.9. The Hall–Kier alpha value is -2.20. The molecular formula is C17H15FN2S. The Kier molecular flexibility index (Phi) is 4.26. The minimum atomic E-state index is -0.490. The molecule has 1 aliphatic heterocycles. The molecule has 1 aliphatic rings. The first-order chi connectivity index (χ1) is 10.3. The molecule has 1 atom stereocenters.